The SMILES string of the molecule is CCOc1ccc(-c2cc(O)c3c(c2N)C(=O)c2c(O)c(S(=O)(=O)O)cc(N)c2C3=O)cc1. The number of anilines is 2. The van der Waals surface area contributed by atoms with Crippen LogP contribution in [0.3, 0.4) is 0 Å². The van der Waals surface area contributed by atoms with Gasteiger partial charge in [-0.25, -0.2) is 0 Å². The smallest absolute Gasteiger partial charge is 0.298 e. The molecule has 0 radical (unpaired) electrons. The Balaban J connectivity index is 1.98. The summed E-state index contributed by atoms with van der Waals surface area (Å²) in [7, 11) is -4.97. The summed E-state index contributed by atoms with van der Waals surface area (Å²) in [4.78, 5) is 25.5. The number of aromatic hydroxyl groups is 2. The van der Waals surface area contributed by atoms with Crippen molar-refractivity contribution in [1.29, 1.82) is 0 Å². The average molecular weight is 470 g/mol. The van der Waals surface area contributed by atoms with Crippen molar-refractivity contribution < 1.29 is 37.5 Å². The highest BCUT2D eigenvalue weighted by Gasteiger charge is 2.40. The van der Waals surface area contributed by atoms with Gasteiger partial charge in [0.2, 0.25) is 11.6 Å². The molecule has 7 N–H and O–H groups in total. The van der Waals surface area contributed by atoms with E-state index in [0.29, 0.717) is 24.0 Å². The Hall–Kier alpha value is -4.09. The molecule has 3 aromatic rings. The molecule has 0 atom stereocenters. The highest BCUT2D eigenvalue weighted by Crippen LogP contribution is 2.46. The standard InChI is InChI=1S/C22H18N2O8S/c1-2-32-10-5-3-9(4-6-10)11-7-13(25)16-17(19(11)24)22(28)18-15(21(16)27)12(23)8-14(20(18)26)33(29,30)31/h3-8,25-26H,2,23-24H2,1H3,(H,29,30,31). The number of hydrogen-bond acceptors (Lipinski definition) is 9. The zero-order chi connectivity index (χ0) is 24.2. The number of ketones is 2. The Kier molecular flexibility index (Phi) is 5.03. The maximum atomic E-state index is 13.3. The fraction of sp³-hybridized carbons (Fsp3) is 0.0909. The van der Waals surface area contributed by atoms with Crippen LogP contribution in [0.15, 0.2) is 41.3 Å². The summed E-state index contributed by atoms with van der Waals surface area (Å²) in [6.07, 6.45) is 0. The second-order valence-corrected chi connectivity index (χ2v) is 8.65. The number of fused-ring (bicyclic) bond motifs is 2. The van der Waals surface area contributed by atoms with Crippen molar-refractivity contribution in [2.24, 2.45) is 0 Å². The molecule has 0 spiro atoms. The van der Waals surface area contributed by atoms with Gasteiger partial charge >= 0.3 is 0 Å². The van der Waals surface area contributed by atoms with Crippen LogP contribution in [0.25, 0.3) is 11.1 Å². The van der Waals surface area contributed by atoms with E-state index in [1.165, 1.54) is 6.07 Å². The second kappa shape index (κ2) is 7.50. The largest absolute Gasteiger partial charge is 0.507 e. The molecule has 0 unspecified atom stereocenters. The minimum Gasteiger partial charge on any atom is -0.507 e. The Morgan fingerprint density at radius 2 is 1.52 bits per heavy atom. The lowest BCUT2D eigenvalue weighted by Crippen LogP contribution is -2.25. The molecule has 1 aliphatic carbocycles. The van der Waals surface area contributed by atoms with Crippen molar-refractivity contribution in [3.05, 3.63) is 58.7 Å². The first-order chi connectivity index (χ1) is 15.5. The maximum absolute atomic E-state index is 13.3. The Bertz CT molecular complexity index is 1460. The summed E-state index contributed by atoms with van der Waals surface area (Å²) in [5.41, 5.74) is 10.0. The number of phenols is 2. The molecule has 11 heteroatoms. The number of nitrogen functional groups attached to an aromatic ring is 2. The first-order valence-electron chi connectivity index (χ1n) is 9.58. The van der Waals surface area contributed by atoms with Gasteiger partial charge in [-0.05, 0) is 36.8 Å². The number of carbonyl (C=O) groups is 2. The summed E-state index contributed by atoms with van der Waals surface area (Å²) in [6.45, 7) is 2.28. The van der Waals surface area contributed by atoms with E-state index >= 15 is 0 Å². The molecule has 1 aliphatic rings. The Morgan fingerprint density at radius 1 is 0.909 bits per heavy atom. The lowest BCUT2D eigenvalue weighted by atomic mass is 9.80. The molecule has 0 heterocycles. The average Bonchev–Trinajstić information content (AvgIpc) is 2.74. The summed E-state index contributed by atoms with van der Waals surface area (Å²) in [5, 5.41) is 21.1. The van der Waals surface area contributed by atoms with Crippen LogP contribution in [0.4, 0.5) is 11.4 Å². The zero-order valence-electron chi connectivity index (χ0n) is 17.1. The lowest BCUT2D eigenvalue weighted by molar-refractivity contribution is 0.0975. The van der Waals surface area contributed by atoms with Crippen LogP contribution in [0.1, 0.15) is 38.8 Å². The highest BCUT2D eigenvalue weighted by atomic mass is 32.2. The number of rotatable bonds is 4. The topological polar surface area (TPSA) is 190 Å². The van der Waals surface area contributed by atoms with Crippen LogP contribution < -0.4 is 16.2 Å². The van der Waals surface area contributed by atoms with Gasteiger partial charge in [0.15, 0.2) is 0 Å². The summed E-state index contributed by atoms with van der Waals surface area (Å²) in [6, 6.07) is 8.47. The van der Waals surface area contributed by atoms with E-state index in [9.17, 15) is 32.8 Å². The van der Waals surface area contributed by atoms with Gasteiger partial charge in [0.05, 0.1) is 34.5 Å². The van der Waals surface area contributed by atoms with E-state index in [4.69, 9.17) is 16.2 Å². The van der Waals surface area contributed by atoms with E-state index in [2.05, 4.69) is 0 Å². The number of phenolic OH excluding ortho intramolecular Hbond substituents is 2. The van der Waals surface area contributed by atoms with Crippen LogP contribution in [-0.2, 0) is 10.1 Å². The van der Waals surface area contributed by atoms with Crippen LogP contribution in [0.5, 0.6) is 17.2 Å². The van der Waals surface area contributed by atoms with Crippen LogP contribution >= 0.6 is 0 Å². The molecule has 10 nitrogen and oxygen atoms in total. The fourth-order valence-corrected chi connectivity index (χ4v) is 4.49. The third-order valence-corrected chi connectivity index (χ3v) is 6.17. The third-order valence-electron chi connectivity index (χ3n) is 5.30. The lowest BCUT2D eigenvalue weighted by Gasteiger charge is -2.24. The number of ether oxygens (including phenoxy) is 1. The van der Waals surface area contributed by atoms with E-state index < -0.39 is 66.0 Å². The minimum atomic E-state index is -4.97. The van der Waals surface area contributed by atoms with Crippen LogP contribution in [0, 0.1) is 0 Å². The first kappa shape index (κ1) is 22.1. The van der Waals surface area contributed by atoms with Gasteiger partial charge in [0.25, 0.3) is 10.1 Å². The van der Waals surface area contributed by atoms with Gasteiger partial charge in [-0.2, -0.15) is 8.42 Å². The van der Waals surface area contributed by atoms with Crippen molar-refractivity contribution in [2.45, 2.75) is 11.8 Å². The van der Waals surface area contributed by atoms with E-state index in [-0.39, 0.29) is 11.3 Å². The molecule has 0 aliphatic heterocycles. The maximum Gasteiger partial charge on any atom is 0.298 e. The van der Waals surface area contributed by atoms with Crippen LogP contribution in [-0.4, -0.2) is 41.4 Å². The molecule has 170 valence electrons. The molecule has 0 fully saturated rings. The molecule has 3 aromatic carbocycles. The summed E-state index contributed by atoms with van der Waals surface area (Å²) >= 11 is 0. The summed E-state index contributed by atoms with van der Waals surface area (Å²) < 4.78 is 38.0. The van der Waals surface area contributed by atoms with Gasteiger partial charge < -0.3 is 26.4 Å². The first-order valence-corrected chi connectivity index (χ1v) is 11.0. The van der Waals surface area contributed by atoms with Gasteiger partial charge in [-0.3, -0.25) is 14.1 Å². The molecule has 4 rings (SSSR count). The second-order valence-electron chi connectivity index (χ2n) is 7.26. The van der Waals surface area contributed by atoms with E-state index in [1.807, 2.05) is 6.92 Å². The van der Waals surface area contributed by atoms with Crippen molar-refractivity contribution >= 4 is 33.1 Å². The molecular formula is C22H18N2O8S. The van der Waals surface area contributed by atoms with Crippen molar-refractivity contribution in [2.75, 3.05) is 18.1 Å². The minimum absolute atomic E-state index is 0.175. The fourth-order valence-electron chi connectivity index (χ4n) is 3.87. The number of carbonyl (C=O) groups excluding carboxylic acids is 2. The molecule has 0 amide bonds. The normalized spacial score (nSPS) is 12.9. The highest BCUT2D eigenvalue weighted by molar-refractivity contribution is 7.86. The van der Waals surface area contributed by atoms with E-state index in [0.717, 1.165) is 0 Å². The third kappa shape index (κ3) is 3.34. The molecular weight excluding hydrogens is 452 g/mol. The number of hydrogen-bond donors (Lipinski definition) is 5. The quantitative estimate of drug-likeness (QED) is 0.168. The molecule has 0 saturated carbocycles. The Labute approximate surface area is 187 Å². The van der Waals surface area contributed by atoms with Crippen molar-refractivity contribution in [3.8, 4) is 28.4 Å². The molecule has 0 aromatic heterocycles. The van der Waals surface area contributed by atoms with Gasteiger partial charge in [-0.15, -0.1) is 0 Å². The van der Waals surface area contributed by atoms with E-state index in [1.54, 1.807) is 24.3 Å². The zero-order valence-corrected chi connectivity index (χ0v) is 17.9. The Morgan fingerprint density at radius 3 is 2.09 bits per heavy atom. The van der Waals surface area contributed by atoms with Crippen LogP contribution in [0.2, 0.25) is 0 Å². The van der Waals surface area contributed by atoms with Gasteiger partial charge in [-0.1, -0.05) is 12.1 Å². The van der Waals surface area contributed by atoms with Gasteiger partial charge in [0, 0.05) is 11.3 Å². The molecule has 0 saturated heterocycles. The predicted octanol–water partition coefficient (Wildman–Crippen LogP) is 2.35. The van der Waals surface area contributed by atoms with Crippen molar-refractivity contribution in [1.82, 2.24) is 0 Å². The predicted molar refractivity (Wildman–Crippen MR) is 118 cm³/mol. The van der Waals surface area contributed by atoms with Gasteiger partial charge in [0.1, 0.15) is 22.1 Å². The molecule has 33 heavy (non-hydrogen) atoms. The molecule has 0 bridgehead atoms. The monoisotopic (exact) mass is 470 g/mol. The van der Waals surface area contributed by atoms with Crippen molar-refractivity contribution in [3.63, 3.8) is 0 Å². The summed E-state index contributed by atoms with van der Waals surface area (Å²) in [5.74, 6) is -3.08. The number of nitrogens with two attached hydrogens (primary N) is 2. The number of benzene rings is 3.